The molecule has 2 rings (SSSR count). The molecule has 0 saturated heterocycles. The number of hydrogen-bond donors (Lipinski definition) is 3. The maximum atomic E-state index is 12.1. The van der Waals surface area contributed by atoms with Gasteiger partial charge in [0.2, 0.25) is 5.91 Å². The quantitative estimate of drug-likeness (QED) is 0.773. The van der Waals surface area contributed by atoms with Crippen molar-refractivity contribution < 1.29 is 19.8 Å². The highest BCUT2D eigenvalue weighted by atomic mass is 16.4. The van der Waals surface area contributed by atoms with Crippen molar-refractivity contribution >= 4 is 11.9 Å². The van der Waals surface area contributed by atoms with E-state index < -0.39 is 24.0 Å². The van der Waals surface area contributed by atoms with Gasteiger partial charge < -0.3 is 15.5 Å². The van der Waals surface area contributed by atoms with E-state index in [-0.39, 0.29) is 5.92 Å². The summed E-state index contributed by atoms with van der Waals surface area (Å²) < 4.78 is 0. The molecule has 1 aliphatic rings. The Kier molecular flexibility index (Phi) is 5.33. The fourth-order valence-electron chi connectivity index (χ4n) is 2.82. The van der Waals surface area contributed by atoms with Crippen molar-refractivity contribution in [1.29, 1.82) is 0 Å². The minimum absolute atomic E-state index is 0.0658. The van der Waals surface area contributed by atoms with Crippen LogP contribution in [0.3, 0.4) is 0 Å². The molecule has 1 unspecified atom stereocenters. The Hall–Kier alpha value is -1.88. The van der Waals surface area contributed by atoms with Gasteiger partial charge >= 0.3 is 5.97 Å². The van der Waals surface area contributed by atoms with E-state index in [1.165, 1.54) is 0 Å². The van der Waals surface area contributed by atoms with Gasteiger partial charge in [0.05, 0.1) is 0 Å². The summed E-state index contributed by atoms with van der Waals surface area (Å²) in [6.45, 7) is 0. The minimum atomic E-state index is -1.13. The summed E-state index contributed by atoms with van der Waals surface area (Å²) in [4.78, 5) is 23.4. The standard InChI is InChI=1S/C16H21NO4/c18-14(12-9-5-2-6-10-12)15(19)17-13(16(20)21)11-7-3-1-4-8-11/h1,3-4,7-8,12-14,18H,2,5-6,9-10H2,(H,17,19)(H,20,21)/t13-,14?/m0/s1. The van der Waals surface area contributed by atoms with Gasteiger partial charge in [0.1, 0.15) is 6.10 Å². The Bertz CT molecular complexity index is 482. The fraction of sp³-hybridized carbons (Fsp3) is 0.500. The van der Waals surface area contributed by atoms with Gasteiger partial charge in [0.25, 0.3) is 0 Å². The Morgan fingerprint density at radius 2 is 1.71 bits per heavy atom. The van der Waals surface area contributed by atoms with E-state index in [0.717, 1.165) is 32.1 Å². The van der Waals surface area contributed by atoms with Crippen LogP contribution < -0.4 is 5.32 Å². The third-order valence-corrected chi connectivity index (χ3v) is 4.03. The molecule has 0 bridgehead atoms. The molecule has 5 heteroatoms. The van der Waals surface area contributed by atoms with Gasteiger partial charge in [0.15, 0.2) is 6.04 Å². The van der Waals surface area contributed by atoms with Gasteiger partial charge in [-0.2, -0.15) is 0 Å². The van der Waals surface area contributed by atoms with Crippen LogP contribution in [0.25, 0.3) is 0 Å². The van der Waals surface area contributed by atoms with Crippen molar-refractivity contribution in [2.75, 3.05) is 0 Å². The lowest BCUT2D eigenvalue weighted by Crippen LogP contribution is -2.43. The van der Waals surface area contributed by atoms with Gasteiger partial charge in [-0.3, -0.25) is 4.79 Å². The van der Waals surface area contributed by atoms with Gasteiger partial charge in [-0.1, -0.05) is 49.6 Å². The fourth-order valence-corrected chi connectivity index (χ4v) is 2.82. The number of carbonyl (C=O) groups excluding carboxylic acids is 1. The number of benzene rings is 1. The molecule has 0 heterocycles. The van der Waals surface area contributed by atoms with Crippen LogP contribution in [0.5, 0.6) is 0 Å². The number of carboxylic acids is 1. The predicted octanol–water partition coefficient (Wildman–Crippen LogP) is 1.87. The number of amides is 1. The van der Waals surface area contributed by atoms with Gasteiger partial charge in [-0.25, -0.2) is 4.79 Å². The molecule has 1 aromatic carbocycles. The topological polar surface area (TPSA) is 86.6 Å². The molecule has 0 aliphatic heterocycles. The average molecular weight is 291 g/mol. The first-order chi connectivity index (χ1) is 10.1. The molecule has 1 saturated carbocycles. The van der Waals surface area contributed by atoms with E-state index in [9.17, 15) is 19.8 Å². The smallest absolute Gasteiger partial charge is 0.330 e. The third-order valence-electron chi connectivity index (χ3n) is 4.03. The summed E-state index contributed by atoms with van der Waals surface area (Å²) in [5, 5.41) is 21.8. The summed E-state index contributed by atoms with van der Waals surface area (Å²) in [6, 6.07) is 7.38. The third kappa shape index (κ3) is 4.04. The Morgan fingerprint density at radius 3 is 2.29 bits per heavy atom. The van der Waals surface area contributed by atoms with E-state index in [1.54, 1.807) is 30.3 Å². The largest absolute Gasteiger partial charge is 0.479 e. The zero-order valence-corrected chi connectivity index (χ0v) is 11.9. The van der Waals surface area contributed by atoms with Gasteiger partial charge in [-0.15, -0.1) is 0 Å². The van der Waals surface area contributed by atoms with Crippen molar-refractivity contribution in [2.24, 2.45) is 5.92 Å². The van der Waals surface area contributed by atoms with E-state index >= 15 is 0 Å². The van der Waals surface area contributed by atoms with Crippen LogP contribution in [-0.4, -0.2) is 28.2 Å². The number of carbonyl (C=O) groups is 2. The maximum absolute atomic E-state index is 12.1. The molecule has 0 radical (unpaired) electrons. The summed E-state index contributed by atoms with van der Waals surface area (Å²) >= 11 is 0. The Morgan fingerprint density at radius 1 is 1.10 bits per heavy atom. The molecule has 3 N–H and O–H groups in total. The van der Waals surface area contributed by atoms with Crippen LogP contribution in [0.15, 0.2) is 30.3 Å². The second-order valence-electron chi connectivity index (χ2n) is 5.53. The normalized spacial score (nSPS) is 18.7. The first-order valence-corrected chi connectivity index (χ1v) is 7.36. The number of carboxylic acid groups (broad SMARTS) is 1. The Balaban J connectivity index is 2.03. The second-order valence-corrected chi connectivity index (χ2v) is 5.53. The average Bonchev–Trinajstić information content (AvgIpc) is 2.53. The molecule has 114 valence electrons. The van der Waals surface area contributed by atoms with Crippen molar-refractivity contribution in [3.63, 3.8) is 0 Å². The highest BCUT2D eigenvalue weighted by Crippen LogP contribution is 2.27. The molecule has 0 aromatic heterocycles. The van der Waals surface area contributed by atoms with Crippen LogP contribution in [-0.2, 0) is 9.59 Å². The molecular weight excluding hydrogens is 270 g/mol. The lowest BCUT2D eigenvalue weighted by molar-refractivity contribution is -0.144. The van der Waals surface area contributed by atoms with Crippen LogP contribution in [0.4, 0.5) is 0 Å². The summed E-state index contributed by atoms with van der Waals surface area (Å²) in [5.74, 6) is -1.80. The molecule has 1 aliphatic carbocycles. The minimum Gasteiger partial charge on any atom is -0.479 e. The number of aliphatic hydroxyl groups is 1. The highest BCUT2D eigenvalue weighted by Gasteiger charge is 2.31. The first-order valence-electron chi connectivity index (χ1n) is 7.36. The first kappa shape index (κ1) is 15.5. The van der Waals surface area contributed by atoms with Crippen molar-refractivity contribution in [1.82, 2.24) is 5.32 Å². The maximum Gasteiger partial charge on any atom is 0.330 e. The lowest BCUT2D eigenvalue weighted by atomic mass is 9.85. The molecule has 21 heavy (non-hydrogen) atoms. The zero-order valence-electron chi connectivity index (χ0n) is 11.9. The SMILES string of the molecule is O=C(N[C@H](C(=O)O)c1ccccc1)C(O)C1CCCCC1. The van der Waals surface area contributed by atoms with Crippen LogP contribution in [0.2, 0.25) is 0 Å². The molecule has 2 atom stereocenters. The van der Waals surface area contributed by atoms with Crippen LogP contribution in [0.1, 0.15) is 43.7 Å². The van der Waals surface area contributed by atoms with E-state index in [0.29, 0.717) is 5.56 Å². The molecular formula is C16H21NO4. The van der Waals surface area contributed by atoms with Crippen molar-refractivity contribution in [2.45, 2.75) is 44.2 Å². The molecule has 1 fully saturated rings. The number of aliphatic carboxylic acids is 1. The van der Waals surface area contributed by atoms with Crippen molar-refractivity contribution in [3.05, 3.63) is 35.9 Å². The number of nitrogens with one attached hydrogen (secondary N) is 1. The summed E-state index contributed by atoms with van der Waals surface area (Å²) in [6.07, 6.45) is 3.66. The monoisotopic (exact) mass is 291 g/mol. The van der Waals surface area contributed by atoms with Gasteiger partial charge in [-0.05, 0) is 24.3 Å². The molecule has 1 aromatic rings. The lowest BCUT2D eigenvalue weighted by Gasteiger charge is -2.26. The molecule has 1 amide bonds. The zero-order chi connectivity index (χ0) is 15.2. The predicted molar refractivity (Wildman–Crippen MR) is 77.5 cm³/mol. The van der Waals surface area contributed by atoms with E-state index in [4.69, 9.17) is 0 Å². The second kappa shape index (κ2) is 7.22. The number of rotatable bonds is 5. The molecule has 0 spiro atoms. The van der Waals surface area contributed by atoms with Crippen molar-refractivity contribution in [3.8, 4) is 0 Å². The Labute approximate surface area is 124 Å². The van der Waals surface area contributed by atoms with Crippen LogP contribution in [0, 0.1) is 5.92 Å². The highest BCUT2D eigenvalue weighted by molar-refractivity contribution is 5.87. The summed E-state index contributed by atoms with van der Waals surface area (Å²) in [5.41, 5.74) is 0.495. The van der Waals surface area contributed by atoms with E-state index in [2.05, 4.69) is 5.32 Å². The van der Waals surface area contributed by atoms with Gasteiger partial charge in [0, 0.05) is 0 Å². The van der Waals surface area contributed by atoms with E-state index in [1.807, 2.05) is 0 Å². The number of aliphatic hydroxyl groups excluding tert-OH is 1. The summed E-state index contributed by atoms with van der Waals surface area (Å²) in [7, 11) is 0. The molecule has 5 nitrogen and oxygen atoms in total. The number of hydrogen-bond acceptors (Lipinski definition) is 3. The van der Waals surface area contributed by atoms with Crippen LogP contribution >= 0.6 is 0 Å².